The average Bonchev–Trinajstić information content (AvgIpc) is 3.03. The summed E-state index contributed by atoms with van der Waals surface area (Å²) in [5, 5.41) is 1.57. The fourth-order valence-electron chi connectivity index (χ4n) is 3.39. The van der Waals surface area contributed by atoms with Crippen LogP contribution in [0.5, 0.6) is 5.75 Å². The molecule has 4 nitrogen and oxygen atoms in total. The quantitative estimate of drug-likeness (QED) is 0.223. The van der Waals surface area contributed by atoms with Crippen molar-refractivity contribution in [2.45, 2.75) is 43.9 Å². The number of aryl methyl sites for hydroxylation is 1. The first-order chi connectivity index (χ1) is 14.5. The number of ether oxygens (including phenoxy) is 2. The second-order valence-corrected chi connectivity index (χ2v) is 9.13. The third kappa shape index (κ3) is 4.98. The Morgan fingerprint density at radius 1 is 1.20 bits per heavy atom. The highest BCUT2D eigenvalue weighted by Crippen LogP contribution is 2.38. The van der Waals surface area contributed by atoms with Gasteiger partial charge in [0, 0.05) is 33.3 Å². The number of fused-ring (bicyclic) bond motifs is 1. The van der Waals surface area contributed by atoms with E-state index < -0.39 is 0 Å². The lowest BCUT2D eigenvalue weighted by Crippen LogP contribution is -2.10. The van der Waals surface area contributed by atoms with Gasteiger partial charge in [-0.25, -0.2) is 4.79 Å². The Labute approximate surface area is 195 Å². The zero-order chi connectivity index (χ0) is 21.7. The van der Waals surface area contributed by atoms with E-state index in [1.807, 2.05) is 43.3 Å². The van der Waals surface area contributed by atoms with Crippen LogP contribution in [0.1, 0.15) is 42.7 Å². The molecule has 0 radical (unpaired) electrons. The van der Waals surface area contributed by atoms with Crippen molar-refractivity contribution in [2.75, 3.05) is 13.7 Å². The normalized spacial score (nSPS) is 11.1. The van der Waals surface area contributed by atoms with Gasteiger partial charge in [-0.05, 0) is 65.7 Å². The van der Waals surface area contributed by atoms with Crippen LogP contribution in [0.3, 0.4) is 0 Å². The molecule has 0 atom stereocenters. The Balaban J connectivity index is 2.15. The van der Waals surface area contributed by atoms with Crippen molar-refractivity contribution in [3.05, 3.63) is 57.2 Å². The van der Waals surface area contributed by atoms with Gasteiger partial charge >= 0.3 is 5.97 Å². The van der Waals surface area contributed by atoms with E-state index in [-0.39, 0.29) is 5.97 Å². The highest BCUT2D eigenvalue weighted by atomic mass is 79.9. The molecule has 2 aromatic carbocycles. The van der Waals surface area contributed by atoms with Crippen LogP contribution in [-0.2, 0) is 17.0 Å². The summed E-state index contributed by atoms with van der Waals surface area (Å²) in [6.07, 6.45) is 2.09. The lowest BCUT2D eigenvalue weighted by atomic mass is 10.1. The largest absolute Gasteiger partial charge is 0.496 e. The molecule has 7 heteroatoms. The fraction of sp³-hybridized carbons (Fsp3) is 0.348. The molecule has 1 aromatic heterocycles. The average molecular weight is 511 g/mol. The Morgan fingerprint density at radius 3 is 2.57 bits per heavy atom. The van der Waals surface area contributed by atoms with Crippen molar-refractivity contribution in [1.29, 1.82) is 0 Å². The maximum Gasteiger partial charge on any atom is 0.340 e. The molecule has 30 heavy (non-hydrogen) atoms. The molecule has 3 aromatic rings. The molecule has 0 spiro atoms. The van der Waals surface area contributed by atoms with E-state index in [1.165, 1.54) is 0 Å². The van der Waals surface area contributed by atoms with Gasteiger partial charge < -0.3 is 14.0 Å². The highest BCUT2D eigenvalue weighted by Gasteiger charge is 2.25. The number of hydrogen-bond acceptors (Lipinski definition) is 4. The predicted octanol–water partition coefficient (Wildman–Crippen LogP) is 7.33. The van der Waals surface area contributed by atoms with Crippen LogP contribution in [-0.4, -0.2) is 24.3 Å². The van der Waals surface area contributed by atoms with Crippen LogP contribution in [0.2, 0.25) is 5.02 Å². The van der Waals surface area contributed by atoms with Crippen LogP contribution < -0.4 is 4.74 Å². The summed E-state index contributed by atoms with van der Waals surface area (Å²) >= 11 is 11.3. The van der Waals surface area contributed by atoms with Crippen molar-refractivity contribution in [2.24, 2.45) is 0 Å². The number of unbranched alkanes of at least 4 members (excludes halogenated alkanes) is 1. The second-order valence-electron chi connectivity index (χ2n) is 6.79. The van der Waals surface area contributed by atoms with Crippen molar-refractivity contribution in [1.82, 2.24) is 4.57 Å². The molecule has 0 aliphatic heterocycles. The monoisotopic (exact) mass is 509 g/mol. The first-order valence-corrected chi connectivity index (χ1v) is 12.1. The number of hydrogen-bond donors (Lipinski definition) is 0. The molecule has 0 saturated heterocycles. The number of methoxy groups -OCH3 is 1. The third-order valence-electron chi connectivity index (χ3n) is 4.85. The lowest BCUT2D eigenvalue weighted by Gasteiger charge is -2.12. The van der Waals surface area contributed by atoms with Gasteiger partial charge in [0.1, 0.15) is 5.75 Å². The lowest BCUT2D eigenvalue weighted by molar-refractivity contribution is 0.0527. The van der Waals surface area contributed by atoms with Crippen molar-refractivity contribution < 1.29 is 14.3 Å². The van der Waals surface area contributed by atoms with E-state index in [1.54, 1.807) is 18.9 Å². The number of benzene rings is 2. The topological polar surface area (TPSA) is 40.5 Å². The molecule has 0 amide bonds. The molecule has 3 rings (SSSR count). The molecule has 1 heterocycles. The van der Waals surface area contributed by atoms with E-state index >= 15 is 0 Å². The van der Waals surface area contributed by atoms with Crippen LogP contribution in [0.4, 0.5) is 0 Å². The number of carbonyl (C=O) groups is 1. The SMILES string of the molecule is CCCCn1c(CSc2ccc(Cl)cc2)c(C(=O)OCC)c2cc(OC)c(Br)cc21. The summed E-state index contributed by atoms with van der Waals surface area (Å²) in [6, 6.07) is 11.7. The van der Waals surface area contributed by atoms with Gasteiger partial charge in [0.2, 0.25) is 0 Å². The maximum absolute atomic E-state index is 13.0. The summed E-state index contributed by atoms with van der Waals surface area (Å²) in [4.78, 5) is 14.1. The molecule has 0 bridgehead atoms. The zero-order valence-electron chi connectivity index (χ0n) is 17.3. The van der Waals surface area contributed by atoms with Crippen molar-refractivity contribution >= 4 is 56.2 Å². The minimum absolute atomic E-state index is 0.297. The first kappa shape index (κ1) is 23.0. The number of halogens is 2. The van der Waals surface area contributed by atoms with E-state index in [4.69, 9.17) is 21.1 Å². The maximum atomic E-state index is 13.0. The summed E-state index contributed by atoms with van der Waals surface area (Å²) in [5.74, 6) is 1.04. The Morgan fingerprint density at radius 2 is 1.93 bits per heavy atom. The number of thioether (sulfide) groups is 1. The first-order valence-electron chi connectivity index (χ1n) is 9.94. The molecule has 0 aliphatic carbocycles. The van der Waals surface area contributed by atoms with E-state index in [0.717, 1.165) is 45.4 Å². The van der Waals surface area contributed by atoms with Crippen molar-refractivity contribution in [3.8, 4) is 5.75 Å². The van der Waals surface area contributed by atoms with E-state index in [9.17, 15) is 4.79 Å². The molecule has 0 aliphatic rings. The van der Waals surface area contributed by atoms with Gasteiger partial charge in [-0.3, -0.25) is 0 Å². The Hall–Kier alpha value is -1.63. The van der Waals surface area contributed by atoms with Gasteiger partial charge in [-0.2, -0.15) is 0 Å². The number of rotatable bonds is 9. The van der Waals surface area contributed by atoms with Gasteiger partial charge in [0.05, 0.1) is 29.3 Å². The van der Waals surface area contributed by atoms with Crippen LogP contribution in [0, 0.1) is 0 Å². The minimum atomic E-state index is -0.297. The van der Waals surface area contributed by atoms with Crippen molar-refractivity contribution in [3.63, 3.8) is 0 Å². The zero-order valence-corrected chi connectivity index (χ0v) is 20.5. The molecule has 160 valence electrons. The predicted molar refractivity (Wildman–Crippen MR) is 128 cm³/mol. The number of carbonyl (C=O) groups excluding carboxylic acids is 1. The van der Waals surface area contributed by atoms with Gasteiger partial charge in [-0.1, -0.05) is 24.9 Å². The Kier molecular flexibility index (Phi) is 8.14. The Bertz CT molecular complexity index is 1030. The summed E-state index contributed by atoms with van der Waals surface area (Å²) in [6.45, 7) is 5.16. The number of nitrogens with zero attached hydrogens (tertiary/aromatic N) is 1. The smallest absolute Gasteiger partial charge is 0.340 e. The van der Waals surface area contributed by atoms with Crippen LogP contribution >= 0.6 is 39.3 Å². The molecule has 0 N–H and O–H groups in total. The standard InChI is InChI=1S/C23H25BrClNO3S/c1-4-6-11-26-19-13-18(24)21(28-3)12-17(19)22(23(27)29-5-2)20(26)14-30-16-9-7-15(25)8-10-16/h7-10,12-13H,4-6,11,14H2,1-3H3. The number of aromatic nitrogens is 1. The molecule has 0 saturated carbocycles. The van der Waals surface area contributed by atoms with Gasteiger partial charge in [0.25, 0.3) is 0 Å². The summed E-state index contributed by atoms with van der Waals surface area (Å²) in [7, 11) is 1.63. The molecular formula is C23H25BrClNO3S. The minimum Gasteiger partial charge on any atom is -0.496 e. The molecular weight excluding hydrogens is 486 g/mol. The second kappa shape index (κ2) is 10.6. The fourth-order valence-corrected chi connectivity index (χ4v) is 4.95. The van der Waals surface area contributed by atoms with Crippen LogP contribution in [0.15, 0.2) is 45.8 Å². The van der Waals surface area contributed by atoms with E-state index in [0.29, 0.717) is 28.7 Å². The highest BCUT2D eigenvalue weighted by molar-refractivity contribution is 9.10. The van der Waals surface area contributed by atoms with Crippen LogP contribution in [0.25, 0.3) is 10.9 Å². The third-order valence-corrected chi connectivity index (χ3v) is 6.74. The summed E-state index contributed by atoms with van der Waals surface area (Å²) in [5.41, 5.74) is 2.60. The van der Waals surface area contributed by atoms with Gasteiger partial charge in [0.15, 0.2) is 0 Å². The van der Waals surface area contributed by atoms with E-state index in [2.05, 4.69) is 27.4 Å². The number of esters is 1. The van der Waals surface area contributed by atoms with Gasteiger partial charge in [-0.15, -0.1) is 11.8 Å². The summed E-state index contributed by atoms with van der Waals surface area (Å²) < 4.78 is 14.0. The molecule has 0 unspecified atom stereocenters. The molecule has 0 fully saturated rings.